The second kappa shape index (κ2) is 10.1. The van der Waals surface area contributed by atoms with Crippen LogP contribution in [0.25, 0.3) is 11.1 Å². The number of carbonyl (C=O) groups excluding carboxylic acids is 2. The van der Waals surface area contributed by atoms with Gasteiger partial charge in [-0.15, -0.1) is 0 Å². The van der Waals surface area contributed by atoms with Gasteiger partial charge in [-0.1, -0.05) is 42.5 Å². The van der Waals surface area contributed by atoms with Crippen molar-refractivity contribution in [2.75, 3.05) is 6.61 Å². The Balaban J connectivity index is 1.54. The number of hydrogen-bond acceptors (Lipinski definition) is 5. The first-order valence-electron chi connectivity index (χ1n) is 9.53. The van der Waals surface area contributed by atoms with Gasteiger partial charge < -0.3 is 14.8 Å². The number of nitrogens with zero attached hydrogens (tertiary/aromatic N) is 2. The van der Waals surface area contributed by atoms with Gasteiger partial charge in [-0.3, -0.25) is 4.79 Å². The number of carbonyl (C=O) groups is 2. The van der Waals surface area contributed by atoms with E-state index in [0.29, 0.717) is 11.4 Å². The molecule has 0 aliphatic carbocycles. The molecular weight excluding hydrogens is 382 g/mol. The van der Waals surface area contributed by atoms with E-state index in [0.717, 1.165) is 11.1 Å². The van der Waals surface area contributed by atoms with E-state index >= 15 is 0 Å². The van der Waals surface area contributed by atoms with Crippen LogP contribution >= 0.6 is 0 Å². The molecule has 3 aromatic rings. The summed E-state index contributed by atoms with van der Waals surface area (Å²) in [7, 11) is 0. The molecule has 1 amide bonds. The van der Waals surface area contributed by atoms with Gasteiger partial charge in [0.25, 0.3) is 5.91 Å². The summed E-state index contributed by atoms with van der Waals surface area (Å²) in [4.78, 5) is 23.6. The zero-order valence-electron chi connectivity index (χ0n) is 16.9. The quantitative estimate of drug-likeness (QED) is 0.456. The van der Waals surface area contributed by atoms with Crippen LogP contribution in [0.3, 0.4) is 0 Å². The summed E-state index contributed by atoms with van der Waals surface area (Å²) >= 11 is 0. The largest absolute Gasteiger partial charge is 0.471 e. The van der Waals surface area contributed by atoms with Crippen LogP contribution < -0.4 is 10.1 Å². The van der Waals surface area contributed by atoms with Gasteiger partial charge in [-0.25, -0.2) is 9.48 Å². The molecule has 3 rings (SSSR count). The molecule has 0 unspecified atom stereocenters. The second-order valence-electron chi connectivity index (χ2n) is 6.44. The van der Waals surface area contributed by atoms with Crippen molar-refractivity contribution in [1.82, 2.24) is 15.1 Å². The molecule has 0 spiro atoms. The topological polar surface area (TPSA) is 82.5 Å². The summed E-state index contributed by atoms with van der Waals surface area (Å²) in [5.74, 6) is -0.226. The smallest absolute Gasteiger partial charge is 0.332 e. The molecule has 0 saturated heterocycles. The van der Waals surface area contributed by atoms with Crippen LogP contribution in [0.4, 0.5) is 0 Å². The molecule has 1 aromatic heterocycles. The maximum Gasteiger partial charge on any atom is 0.332 e. The van der Waals surface area contributed by atoms with Gasteiger partial charge in [-0.2, -0.15) is 5.10 Å². The molecule has 0 aliphatic heterocycles. The normalized spacial score (nSPS) is 11.1. The number of esters is 1. The van der Waals surface area contributed by atoms with Crippen LogP contribution in [0.1, 0.15) is 24.3 Å². The molecular formula is C23H23N3O4. The Bertz CT molecular complexity index is 1020. The van der Waals surface area contributed by atoms with Crippen molar-refractivity contribution in [2.45, 2.75) is 20.6 Å². The molecule has 0 aliphatic rings. The Hall–Kier alpha value is -3.87. The Labute approximate surface area is 174 Å². The number of hydrogen-bond donors (Lipinski definition) is 1. The lowest BCUT2D eigenvalue weighted by atomic mass is 10.1. The molecule has 2 aromatic carbocycles. The zero-order chi connectivity index (χ0) is 21.3. The van der Waals surface area contributed by atoms with Gasteiger partial charge in [0.1, 0.15) is 5.75 Å². The minimum absolute atomic E-state index is 0.162. The minimum Gasteiger partial charge on any atom is -0.471 e. The van der Waals surface area contributed by atoms with Crippen LogP contribution in [-0.4, -0.2) is 28.3 Å². The van der Waals surface area contributed by atoms with Crippen LogP contribution in [0.5, 0.6) is 5.75 Å². The van der Waals surface area contributed by atoms with Crippen molar-refractivity contribution in [1.29, 1.82) is 0 Å². The predicted molar refractivity (Wildman–Crippen MR) is 113 cm³/mol. The number of rotatable bonds is 8. The minimum atomic E-state index is -0.507. The van der Waals surface area contributed by atoms with Gasteiger partial charge in [0.2, 0.25) is 0 Å². The molecule has 7 nitrogen and oxygen atoms in total. The van der Waals surface area contributed by atoms with Gasteiger partial charge >= 0.3 is 5.97 Å². The van der Waals surface area contributed by atoms with Gasteiger partial charge in [0, 0.05) is 18.0 Å². The van der Waals surface area contributed by atoms with E-state index in [1.165, 1.54) is 10.8 Å². The first kappa shape index (κ1) is 20.9. The highest BCUT2D eigenvalue weighted by Crippen LogP contribution is 2.22. The molecule has 154 valence electrons. The fourth-order valence-corrected chi connectivity index (χ4v) is 2.71. The number of nitrogens with one attached hydrogen (secondary N) is 1. The number of benzene rings is 2. The third kappa shape index (κ3) is 5.81. The Kier molecular flexibility index (Phi) is 7.00. The van der Waals surface area contributed by atoms with Crippen molar-refractivity contribution in [2.24, 2.45) is 0 Å². The maximum atomic E-state index is 12.2. The van der Waals surface area contributed by atoms with E-state index in [4.69, 9.17) is 9.47 Å². The number of amides is 1. The summed E-state index contributed by atoms with van der Waals surface area (Å²) in [6.45, 7) is 3.76. The summed E-state index contributed by atoms with van der Waals surface area (Å²) in [5.41, 5.74) is 2.84. The van der Waals surface area contributed by atoms with Crippen LogP contribution in [0.15, 0.2) is 78.6 Å². The van der Waals surface area contributed by atoms with E-state index in [-0.39, 0.29) is 19.0 Å². The average Bonchev–Trinajstić information content (AvgIpc) is 3.22. The van der Waals surface area contributed by atoms with Crippen molar-refractivity contribution in [3.8, 4) is 16.9 Å². The predicted octanol–water partition coefficient (Wildman–Crippen LogP) is 3.78. The molecule has 7 heteroatoms. The first-order valence-corrected chi connectivity index (χ1v) is 9.53. The van der Waals surface area contributed by atoms with E-state index in [1.807, 2.05) is 42.5 Å². The Morgan fingerprint density at radius 2 is 1.73 bits per heavy atom. The molecule has 0 saturated carbocycles. The molecule has 1 heterocycles. The van der Waals surface area contributed by atoms with E-state index in [1.54, 1.807) is 26.1 Å². The summed E-state index contributed by atoms with van der Waals surface area (Å²) in [6, 6.07) is 19.4. The van der Waals surface area contributed by atoms with Gasteiger partial charge in [0.15, 0.2) is 12.4 Å². The lowest BCUT2D eigenvalue weighted by Crippen LogP contribution is -2.23. The molecule has 1 N–H and O–H groups in total. The fourth-order valence-electron chi connectivity index (χ4n) is 2.71. The highest BCUT2D eigenvalue weighted by Gasteiger charge is 2.11. The lowest BCUT2D eigenvalue weighted by Gasteiger charge is -2.08. The fraction of sp³-hybridized carbons (Fsp3) is 0.174. The van der Waals surface area contributed by atoms with Crippen molar-refractivity contribution < 1.29 is 19.1 Å². The lowest BCUT2D eigenvalue weighted by molar-refractivity contribution is -0.137. The first-order chi connectivity index (χ1) is 14.5. The van der Waals surface area contributed by atoms with Gasteiger partial charge in [-0.05, 0) is 43.2 Å². The van der Waals surface area contributed by atoms with Crippen LogP contribution in [0, 0.1) is 0 Å². The van der Waals surface area contributed by atoms with E-state index in [2.05, 4.69) is 22.5 Å². The number of allylic oxidation sites excluding steroid dienone is 1. The maximum absolute atomic E-state index is 12.2. The number of aromatic nitrogens is 2. The van der Waals surface area contributed by atoms with Crippen molar-refractivity contribution >= 4 is 11.9 Å². The van der Waals surface area contributed by atoms with E-state index in [9.17, 15) is 9.59 Å². The highest BCUT2D eigenvalue weighted by atomic mass is 16.5. The standard InChI is InChI=1S/C23H23N3O4/c1-3-29-22(27)15-17(2)24-23(28)21-13-14-26(25-21)16-30-20-11-9-19(10-12-20)18-7-5-4-6-8-18/h4-15H,3,16H2,1-2H3,(H,24,28)/b17-15+. The average molecular weight is 405 g/mol. The zero-order valence-corrected chi connectivity index (χ0v) is 16.9. The summed E-state index contributed by atoms with van der Waals surface area (Å²) in [5, 5.41) is 6.79. The summed E-state index contributed by atoms with van der Waals surface area (Å²) < 4.78 is 12.1. The second-order valence-corrected chi connectivity index (χ2v) is 6.44. The van der Waals surface area contributed by atoms with E-state index < -0.39 is 11.9 Å². The molecule has 30 heavy (non-hydrogen) atoms. The molecule has 0 atom stereocenters. The Morgan fingerprint density at radius 3 is 2.43 bits per heavy atom. The Morgan fingerprint density at radius 1 is 1.03 bits per heavy atom. The van der Waals surface area contributed by atoms with Crippen LogP contribution in [-0.2, 0) is 16.3 Å². The number of ether oxygens (including phenoxy) is 2. The van der Waals surface area contributed by atoms with Crippen molar-refractivity contribution in [3.05, 3.63) is 84.3 Å². The highest BCUT2D eigenvalue weighted by molar-refractivity contribution is 5.94. The summed E-state index contributed by atoms with van der Waals surface area (Å²) in [6.07, 6.45) is 2.87. The molecule has 0 radical (unpaired) electrons. The third-order valence-electron chi connectivity index (χ3n) is 4.13. The SMILES string of the molecule is CCOC(=O)/C=C(\C)NC(=O)c1ccn(COc2ccc(-c3ccccc3)cc2)n1. The van der Waals surface area contributed by atoms with Gasteiger partial charge in [0.05, 0.1) is 6.61 Å². The van der Waals surface area contributed by atoms with Crippen molar-refractivity contribution in [3.63, 3.8) is 0 Å². The molecule has 0 fully saturated rings. The van der Waals surface area contributed by atoms with Crippen LogP contribution in [0.2, 0.25) is 0 Å². The third-order valence-corrected chi connectivity index (χ3v) is 4.13. The molecule has 0 bridgehead atoms. The monoisotopic (exact) mass is 405 g/mol.